The van der Waals surface area contributed by atoms with E-state index in [-0.39, 0.29) is 18.0 Å². The number of nitrogens with zero attached hydrogens (tertiary/aromatic N) is 1. The van der Waals surface area contributed by atoms with Crippen LogP contribution in [0.1, 0.15) is 12.5 Å². The quantitative estimate of drug-likeness (QED) is 0.686. The third-order valence-corrected chi connectivity index (χ3v) is 2.54. The van der Waals surface area contributed by atoms with Crippen molar-refractivity contribution >= 4 is 33.4 Å². The van der Waals surface area contributed by atoms with Gasteiger partial charge in [-0.2, -0.15) is 0 Å². The number of ether oxygens (including phenoxy) is 1. The second kappa shape index (κ2) is 5.62. The second-order valence-corrected chi connectivity index (χ2v) is 4.10. The number of benzene rings is 1. The van der Waals surface area contributed by atoms with Crippen LogP contribution in [0.25, 0.3) is 0 Å². The van der Waals surface area contributed by atoms with E-state index >= 15 is 0 Å². The maximum absolute atomic E-state index is 11.2. The largest absolute Gasteiger partial charge is 0.450 e. The van der Waals surface area contributed by atoms with Gasteiger partial charge >= 0.3 is 6.09 Å². The molecule has 92 valence electrons. The zero-order valence-corrected chi connectivity index (χ0v) is 10.9. The average Bonchev–Trinajstić information content (AvgIpc) is 2.21. The molecular weight excluding hydrogens is 292 g/mol. The summed E-state index contributed by atoms with van der Waals surface area (Å²) in [6.07, 6.45) is -0.722. The number of anilines is 1. The first-order chi connectivity index (χ1) is 7.95. The zero-order chi connectivity index (χ0) is 13.0. The van der Waals surface area contributed by atoms with Crippen LogP contribution in [-0.4, -0.2) is 17.6 Å². The summed E-state index contributed by atoms with van der Waals surface area (Å²) in [4.78, 5) is 21.5. The van der Waals surface area contributed by atoms with Crippen molar-refractivity contribution in [1.82, 2.24) is 0 Å². The summed E-state index contributed by atoms with van der Waals surface area (Å²) in [6.45, 7) is 3.58. The van der Waals surface area contributed by atoms with Gasteiger partial charge in [-0.1, -0.05) is 0 Å². The normalized spacial score (nSPS) is 9.82. The Kier molecular flexibility index (Phi) is 4.45. The van der Waals surface area contributed by atoms with Crippen LogP contribution < -0.4 is 5.32 Å². The van der Waals surface area contributed by atoms with Gasteiger partial charge in [0.2, 0.25) is 0 Å². The van der Waals surface area contributed by atoms with E-state index in [1.165, 1.54) is 6.07 Å². The van der Waals surface area contributed by atoms with Crippen molar-refractivity contribution in [1.29, 1.82) is 0 Å². The van der Waals surface area contributed by atoms with Crippen LogP contribution in [0.15, 0.2) is 16.6 Å². The van der Waals surface area contributed by atoms with Crippen LogP contribution in [0.3, 0.4) is 0 Å². The number of hydrogen-bond acceptors (Lipinski definition) is 4. The molecule has 0 saturated carbocycles. The van der Waals surface area contributed by atoms with Gasteiger partial charge in [-0.05, 0) is 41.4 Å². The Labute approximate surface area is 106 Å². The minimum atomic E-state index is -0.722. The van der Waals surface area contributed by atoms with E-state index in [1.54, 1.807) is 19.9 Å². The number of rotatable bonds is 3. The lowest BCUT2D eigenvalue weighted by Gasteiger charge is -2.08. The van der Waals surface area contributed by atoms with Crippen LogP contribution in [-0.2, 0) is 4.74 Å². The molecule has 0 saturated heterocycles. The summed E-state index contributed by atoms with van der Waals surface area (Å²) in [5.74, 6) is 0. The van der Waals surface area contributed by atoms with Crippen LogP contribution >= 0.6 is 15.9 Å². The predicted molar refractivity (Wildman–Crippen MR) is 66.2 cm³/mol. The van der Waals surface area contributed by atoms with Gasteiger partial charge in [0.05, 0.1) is 11.5 Å². The maximum atomic E-state index is 11.2. The van der Waals surface area contributed by atoms with Crippen LogP contribution in [0.2, 0.25) is 0 Å². The molecule has 7 heteroatoms. The van der Waals surface area contributed by atoms with Gasteiger partial charge in [0, 0.05) is 10.5 Å². The summed E-state index contributed by atoms with van der Waals surface area (Å²) in [5, 5.41) is 13.2. The lowest BCUT2D eigenvalue weighted by atomic mass is 10.2. The Morgan fingerprint density at radius 1 is 1.59 bits per heavy atom. The fourth-order valence-corrected chi connectivity index (χ4v) is 1.92. The Balaban J connectivity index is 3.12. The highest BCUT2D eigenvalue weighted by molar-refractivity contribution is 9.10. The molecule has 0 aliphatic carbocycles. The average molecular weight is 303 g/mol. The number of nitro groups is 1. The van der Waals surface area contributed by atoms with Gasteiger partial charge in [-0.25, -0.2) is 4.79 Å². The Hall–Kier alpha value is -1.63. The van der Waals surface area contributed by atoms with Gasteiger partial charge in [0.25, 0.3) is 5.69 Å². The Morgan fingerprint density at radius 2 is 2.24 bits per heavy atom. The predicted octanol–water partition coefficient (Wildman–Crippen LogP) is 3.23. The number of halogens is 1. The van der Waals surface area contributed by atoms with E-state index in [4.69, 9.17) is 0 Å². The molecule has 6 nitrogen and oxygen atoms in total. The van der Waals surface area contributed by atoms with Crippen molar-refractivity contribution in [2.75, 3.05) is 11.9 Å². The van der Waals surface area contributed by atoms with Crippen molar-refractivity contribution in [2.24, 2.45) is 0 Å². The molecule has 0 radical (unpaired) electrons. The fraction of sp³-hybridized carbons (Fsp3) is 0.300. The lowest BCUT2D eigenvalue weighted by molar-refractivity contribution is -0.384. The first-order valence-electron chi connectivity index (χ1n) is 4.84. The number of carbonyl (C=O) groups is 1. The third kappa shape index (κ3) is 3.42. The molecule has 1 aromatic carbocycles. The van der Waals surface area contributed by atoms with Gasteiger partial charge in [0.15, 0.2) is 0 Å². The summed E-state index contributed by atoms with van der Waals surface area (Å²) in [5.41, 5.74) is 0.641. The van der Waals surface area contributed by atoms with E-state index in [9.17, 15) is 14.9 Å². The van der Waals surface area contributed by atoms with Crippen molar-refractivity contribution in [3.63, 3.8) is 0 Å². The molecule has 0 bridgehead atoms. The van der Waals surface area contributed by atoms with E-state index in [0.717, 1.165) is 5.56 Å². The summed E-state index contributed by atoms with van der Waals surface area (Å²) in [7, 11) is 0. The molecule has 0 aliphatic rings. The highest BCUT2D eigenvalue weighted by atomic mass is 79.9. The fourth-order valence-electron chi connectivity index (χ4n) is 1.26. The van der Waals surface area contributed by atoms with Gasteiger partial charge in [-0.15, -0.1) is 0 Å². The zero-order valence-electron chi connectivity index (χ0n) is 9.32. The van der Waals surface area contributed by atoms with Crippen LogP contribution in [0, 0.1) is 17.0 Å². The molecule has 0 spiro atoms. The Bertz CT molecular complexity index is 462. The molecule has 1 amide bonds. The van der Waals surface area contributed by atoms with E-state index < -0.39 is 11.0 Å². The minimum absolute atomic E-state index is 0.0963. The lowest BCUT2D eigenvalue weighted by Crippen LogP contribution is -2.15. The first kappa shape index (κ1) is 13.4. The molecule has 0 aliphatic heterocycles. The smallest absolute Gasteiger partial charge is 0.411 e. The number of amides is 1. The molecule has 0 fully saturated rings. The maximum Gasteiger partial charge on any atom is 0.411 e. The molecule has 0 unspecified atom stereocenters. The highest BCUT2D eigenvalue weighted by Crippen LogP contribution is 2.33. The highest BCUT2D eigenvalue weighted by Gasteiger charge is 2.20. The standard InChI is InChI=1S/C10H11BrN2O4/c1-3-17-10(14)12-9-7(11)4-6(2)5-8(9)13(15)16/h4-5H,3H2,1-2H3,(H,12,14). The van der Waals surface area contributed by atoms with E-state index in [1.807, 2.05) is 0 Å². The number of aryl methyl sites for hydroxylation is 1. The van der Waals surface area contributed by atoms with Crippen molar-refractivity contribution in [3.05, 3.63) is 32.3 Å². The topological polar surface area (TPSA) is 81.5 Å². The van der Waals surface area contributed by atoms with Crippen LogP contribution in [0.5, 0.6) is 0 Å². The third-order valence-electron chi connectivity index (χ3n) is 1.91. The van der Waals surface area contributed by atoms with Crippen LogP contribution in [0.4, 0.5) is 16.2 Å². The second-order valence-electron chi connectivity index (χ2n) is 3.24. The molecule has 1 N–H and O–H groups in total. The molecule has 1 aromatic rings. The summed E-state index contributed by atoms with van der Waals surface area (Å²) < 4.78 is 5.11. The van der Waals surface area contributed by atoms with E-state index in [0.29, 0.717) is 4.47 Å². The number of carbonyl (C=O) groups excluding carboxylic acids is 1. The molecule has 1 rings (SSSR count). The summed E-state index contributed by atoms with van der Waals surface area (Å²) in [6, 6.07) is 3.06. The van der Waals surface area contributed by atoms with Gasteiger partial charge in [0.1, 0.15) is 5.69 Å². The first-order valence-corrected chi connectivity index (χ1v) is 5.63. The summed E-state index contributed by atoms with van der Waals surface area (Å²) >= 11 is 3.17. The van der Waals surface area contributed by atoms with Crippen molar-refractivity contribution < 1.29 is 14.5 Å². The van der Waals surface area contributed by atoms with E-state index in [2.05, 4.69) is 26.0 Å². The molecular formula is C10H11BrN2O4. The molecule has 0 heterocycles. The van der Waals surface area contributed by atoms with Crippen molar-refractivity contribution in [2.45, 2.75) is 13.8 Å². The van der Waals surface area contributed by atoms with Gasteiger partial charge in [-0.3, -0.25) is 15.4 Å². The molecule has 17 heavy (non-hydrogen) atoms. The minimum Gasteiger partial charge on any atom is -0.450 e. The Morgan fingerprint density at radius 3 is 2.76 bits per heavy atom. The number of nitrogens with one attached hydrogen (secondary N) is 1. The molecule has 0 atom stereocenters. The molecule has 0 aromatic heterocycles. The number of nitro benzene ring substituents is 1. The SMILES string of the molecule is CCOC(=O)Nc1c(Br)cc(C)cc1[N+](=O)[O-]. The van der Waals surface area contributed by atoms with Gasteiger partial charge < -0.3 is 4.74 Å². The van der Waals surface area contributed by atoms with Crippen molar-refractivity contribution in [3.8, 4) is 0 Å². The number of hydrogen-bond donors (Lipinski definition) is 1. The monoisotopic (exact) mass is 302 g/mol.